The average molecular weight is 217 g/mol. The van der Waals surface area contributed by atoms with E-state index < -0.39 is 0 Å². The standard InChI is InChI=1S/C14H19NO/c15-9-10-2-5-13(6-3-10)16-14-8-11-1-4-12(14)7-11/h2-3,5-6,11-12,14H,1,4,7-9,15H2. The summed E-state index contributed by atoms with van der Waals surface area (Å²) in [6, 6.07) is 8.22. The van der Waals surface area contributed by atoms with Gasteiger partial charge in [0.15, 0.2) is 0 Å². The van der Waals surface area contributed by atoms with E-state index in [0.29, 0.717) is 12.6 Å². The van der Waals surface area contributed by atoms with Gasteiger partial charge in [-0.25, -0.2) is 0 Å². The second-order valence-electron chi connectivity index (χ2n) is 5.18. The average Bonchev–Trinajstić information content (AvgIpc) is 2.92. The Morgan fingerprint density at radius 2 is 1.94 bits per heavy atom. The molecule has 0 aliphatic heterocycles. The first-order valence-electron chi connectivity index (χ1n) is 6.31. The Bertz CT molecular complexity index is 360. The predicted molar refractivity (Wildman–Crippen MR) is 64.2 cm³/mol. The van der Waals surface area contributed by atoms with Crippen LogP contribution in [0.5, 0.6) is 5.75 Å². The number of ether oxygens (including phenoxy) is 1. The van der Waals surface area contributed by atoms with Gasteiger partial charge in [-0.15, -0.1) is 0 Å². The van der Waals surface area contributed by atoms with Gasteiger partial charge in [-0.05, 0) is 55.2 Å². The molecule has 1 aromatic rings. The third kappa shape index (κ3) is 1.82. The van der Waals surface area contributed by atoms with Crippen molar-refractivity contribution in [3.8, 4) is 5.75 Å². The smallest absolute Gasteiger partial charge is 0.119 e. The second-order valence-corrected chi connectivity index (χ2v) is 5.18. The number of benzene rings is 1. The van der Waals surface area contributed by atoms with Gasteiger partial charge in [0.05, 0.1) is 0 Å². The molecule has 0 aromatic heterocycles. The summed E-state index contributed by atoms with van der Waals surface area (Å²) in [6.07, 6.45) is 5.93. The first-order chi connectivity index (χ1) is 7.85. The molecule has 86 valence electrons. The molecule has 0 amide bonds. The zero-order chi connectivity index (χ0) is 11.0. The molecule has 2 fully saturated rings. The summed E-state index contributed by atoms with van der Waals surface area (Å²) < 4.78 is 6.07. The third-order valence-corrected chi connectivity index (χ3v) is 4.12. The largest absolute Gasteiger partial charge is 0.490 e. The fraction of sp³-hybridized carbons (Fsp3) is 0.571. The molecule has 2 aliphatic carbocycles. The maximum absolute atomic E-state index is 6.07. The molecule has 3 atom stereocenters. The van der Waals surface area contributed by atoms with Crippen LogP contribution in [-0.2, 0) is 6.54 Å². The zero-order valence-corrected chi connectivity index (χ0v) is 9.56. The van der Waals surface area contributed by atoms with Crippen molar-refractivity contribution in [2.75, 3.05) is 0 Å². The van der Waals surface area contributed by atoms with Crippen molar-refractivity contribution >= 4 is 0 Å². The van der Waals surface area contributed by atoms with E-state index in [0.717, 1.165) is 17.6 Å². The van der Waals surface area contributed by atoms with Crippen LogP contribution in [0, 0.1) is 11.8 Å². The van der Waals surface area contributed by atoms with E-state index in [2.05, 4.69) is 12.1 Å². The zero-order valence-electron chi connectivity index (χ0n) is 9.56. The van der Waals surface area contributed by atoms with Gasteiger partial charge in [0.25, 0.3) is 0 Å². The predicted octanol–water partition coefficient (Wildman–Crippen LogP) is 2.71. The third-order valence-electron chi connectivity index (χ3n) is 4.12. The SMILES string of the molecule is NCc1ccc(OC2CC3CCC2C3)cc1. The van der Waals surface area contributed by atoms with Crippen molar-refractivity contribution in [2.45, 2.75) is 38.3 Å². The molecule has 0 spiro atoms. The lowest BCUT2D eigenvalue weighted by atomic mass is 9.98. The molecule has 2 N–H and O–H groups in total. The minimum absolute atomic E-state index is 0.475. The van der Waals surface area contributed by atoms with Crippen molar-refractivity contribution in [3.63, 3.8) is 0 Å². The van der Waals surface area contributed by atoms with Gasteiger partial charge in [-0.1, -0.05) is 12.1 Å². The monoisotopic (exact) mass is 217 g/mol. The fourth-order valence-electron chi connectivity index (χ4n) is 3.21. The molecule has 2 nitrogen and oxygen atoms in total. The lowest BCUT2D eigenvalue weighted by Gasteiger charge is -2.23. The maximum Gasteiger partial charge on any atom is 0.119 e. The number of nitrogens with two attached hydrogens (primary N) is 1. The molecular weight excluding hydrogens is 198 g/mol. The molecule has 3 unspecified atom stereocenters. The van der Waals surface area contributed by atoms with Gasteiger partial charge in [-0.2, -0.15) is 0 Å². The molecular formula is C14H19NO. The Kier molecular flexibility index (Phi) is 2.60. The van der Waals surface area contributed by atoms with E-state index in [9.17, 15) is 0 Å². The van der Waals surface area contributed by atoms with Crippen LogP contribution in [-0.4, -0.2) is 6.10 Å². The van der Waals surface area contributed by atoms with Gasteiger partial charge < -0.3 is 10.5 Å². The Hall–Kier alpha value is -1.02. The quantitative estimate of drug-likeness (QED) is 0.845. The summed E-state index contributed by atoms with van der Waals surface area (Å²) >= 11 is 0. The molecule has 3 rings (SSSR count). The number of hydrogen-bond donors (Lipinski definition) is 1. The summed E-state index contributed by atoms with van der Waals surface area (Å²) in [4.78, 5) is 0. The molecule has 1 aromatic carbocycles. The highest BCUT2D eigenvalue weighted by Crippen LogP contribution is 2.45. The molecule has 0 saturated heterocycles. The van der Waals surface area contributed by atoms with Crippen LogP contribution in [0.1, 0.15) is 31.2 Å². The van der Waals surface area contributed by atoms with E-state index in [1.807, 2.05) is 12.1 Å². The first-order valence-corrected chi connectivity index (χ1v) is 6.31. The lowest BCUT2D eigenvalue weighted by molar-refractivity contribution is 0.138. The highest BCUT2D eigenvalue weighted by molar-refractivity contribution is 5.27. The van der Waals surface area contributed by atoms with Crippen LogP contribution in [0.15, 0.2) is 24.3 Å². The van der Waals surface area contributed by atoms with Crippen LogP contribution < -0.4 is 10.5 Å². The summed E-state index contributed by atoms with van der Waals surface area (Å²) in [5.41, 5.74) is 6.74. The molecule has 2 heteroatoms. The molecule has 16 heavy (non-hydrogen) atoms. The molecule has 0 heterocycles. The van der Waals surface area contributed by atoms with Crippen LogP contribution in [0.25, 0.3) is 0 Å². The van der Waals surface area contributed by atoms with Crippen molar-refractivity contribution in [1.29, 1.82) is 0 Å². The Balaban J connectivity index is 1.65. The van der Waals surface area contributed by atoms with Crippen LogP contribution in [0.3, 0.4) is 0 Å². The van der Waals surface area contributed by atoms with Gasteiger partial charge in [-0.3, -0.25) is 0 Å². The van der Waals surface area contributed by atoms with Gasteiger partial charge in [0.1, 0.15) is 11.9 Å². The number of hydrogen-bond acceptors (Lipinski definition) is 2. The van der Waals surface area contributed by atoms with Gasteiger partial charge in [0, 0.05) is 6.54 Å². The number of fused-ring (bicyclic) bond motifs is 2. The summed E-state index contributed by atoms with van der Waals surface area (Å²) in [7, 11) is 0. The first kappa shape index (κ1) is 10.2. The lowest BCUT2D eigenvalue weighted by Crippen LogP contribution is -2.23. The molecule has 2 bridgehead atoms. The highest BCUT2D eigenvalue weighted by atomic mass is 16.5. The molecule has 0 radical (unpaired) electrons. The number of rotatable bonds is 3. The van der Waals surface area contributed by atoms with E-state index in [-0.39, 0.29) is 0 Å². The van der Waals surface area contributed by atoms with Crippen molar-refractivity contribution < 1.29 is 4.74 Å². The summed E-state index contributed by atoms with van der Waals surface area (Å²) in [6.45, 7) is 0.606. The van der Waals surface area contributed by atoms with Gasteiger partial charge in [0.2, 0.25) is 0 Å². The summed E-state index contributed by atoms with van der Waals surface area (Å²) in [5, 5.41) is 0. The van der Waals surface area contributed by atoms with Crippen LogP contribution in [0.2, 0.25) is 0 Å². The summed E-state index contributed by atoms with van der Waals surface area (Å²) in [5.74, 6) is 2.77. The van der Waals surface area contributed by atoms with Crippen molar-refractivity contribution in [1.82, 2.24) is 0 Å². The molecule has 2 aliphatic rings. The maximum atomic E-state index is 6.07. The minimum atomic E-state index is 0.475. The van der Waals surface area contributed by atoms with E-state index in [1.54, 1.807) is 0 Å². The normalized spacial score (nSPS) is 31.9. The molecule has 2 saturated carbocycles. The van der Waals surface area contributed by atoms with E-state index in [1.165, 1.54) is 31.2 Å². The van der Waals surface area contributed by atoms with Gasteiger partial charge >= 0.3 is 0 Å². The Morgan fingerprint density at radius 3 is 2.50 bits per heavy atom. The van der Waals surface area contributed by atoms with E-state index >= 15 is 0 Å². The Morgan fingerprint density at radius 1 is 1.12 bits per heavy atom. The minimum Gasteiger partial charge on any atom is -0.490 e. The topological polar surface area (TPSA) is 35.2 Å². The van der Waals surface area contributed by atoms with Crippen molar-refractivity contribution in [2.24, 2.45) is 17.6 Å². The van der Waals surface area contributed by atoms with E-state index in [4.69, 9.17) is 10.5 Å². The highest BCUT2D eigenvalue weighted by Gasteiger charge is 2.40. The van der Waals surface area contributed by atoms with Crippen LogP contribution >= 0.6 is 0 Å². The Labute approximate surface area is 96.8 Å². The second kappa shape index (κ2) is 4.10. The fourth-order valence-corrected chi connectivity index (χ4v) is 3.21. The van der Waals surface area contributed by atoms with Crippen molar-refractivity contribution in [3.05, 3.63) is 29.8 Å². The van der Waals surface area contributed by atoms with Crippen LogP contribution in [0.4, 0.5) is 0 Å².